The number of aromatic nitrogens is 2. The van der Waals surface area contributed by atoms with Crippen LogP contribution in [0.15, 0.2) is 91.1 Å². The lowest BCUT2D eigenvalue weighted by Crippen LogP contribution is -2.52. The Kier molecular flexibility index (Phi) is 9.08. The number of nitrogens with zero attached hydrogens (tertiary/aromatic N) is 5. The highest BCUT2D eigenvalue weighted by atomic mass is 16.2. The van der Waals surface area contributed by atoms with E-state index >= 15 is 0 Å². The van der Waals surface area contributed by atoms with Gasteiger partial charge in [-0.05, 0) is 108 Å². The van der Waals surface area contributed by atoms with Crippen LogP contribution in [0.2, 0.25) is 0 Å². The summed E-state index contributed by atoms with van der Waals surface area (Å²) in [5.74, 6) is 0.699. The third-order valence-electron chi connectivity index (χ3n) is 13.4. The van der Waals surface area contributed by atoms with Crippen LogP contribution in [-0.2, 0) is 22.6 Å². The fraction of sp³-hybridized carbons (Fsp3) is 0.391. The molecule has 0 spiro atoms. The minimum absolute atomic E-state index is 0.117. The molecule has 1 aromatic heterocycles. The van der Waals surface area contributed by atoms with Gasteiger partial charge in [0, 0.05) is 87.0 Å². The number of carbonyl (C=O) groups is 3. The summed E-state index contributed by atoms with van der Waals surface area (Å²) < 4.78 is 0. The monoisotopic (exact) mass is 747 g/mol. The largest absolute Gasteiger partial charge is 0.372 e. The zero-order valence-electron chi connectivity index (χ0n) is 31.8. The van der Waals surface area contributed by atoms with Crippen molar-refractivity contribution in [1.82, 2.24) is 25.3 Å². The van der Waals surface area contributed by atoms with Crippen LogP contribution in [0.5, 0.6) is 0 Å². The highest BCUT2D eigenvalue weighted by Crippen LogP contribution is 2.48. The van der Waals surface area contributed by atoms with Gasteiger partial charge in [0.2, 0.25) is 11.8 Å². The van der Waals surface area contributed by atoms with E-state index in [0.717, 1.165) is 75.4 Å². The smallest absolute Gasteiger partial charge is 0.255 e. The topological polar surface area (TPSA) is 105 Å². The lowest BCUT2D eigenvalue weighted by Gasteiger charge is -2.40. The SMILES string of the molecule is O=C1CCC(N2Cc3cc(N4CCN(CC5CCN(c6ccc([C@@H]7c8ccc9[nH]ncc9c8CC[C@@H]7c7ccccc7)cc6)CC5)CC4)ccc3C2=O)C(=O)N1. The third-order valence-corrected chi connectivity index (χ3v) is 13.4. The second-order valence-corrected chi connectivity index (χ2v) is 16.5. The summed E-state index contributed by atoms with van der Waals surface area (Å²) in [4.78, 5) is 46.6. The van der Waals surface area contributed by atoms with E-state index in [2.05, 4.69) is 109 Å². The number of hydrogen-bond donors (Lipinski definition) is 2. The van der Waals surface area contributed by atoms with Crippen molar-refractivity contribution in [3.63, 3.8) is 0 Å². The molecule has 10 rings (SSSR count). The van der Waals surface area contributed by atoms with Crippen LogP contribution in [-0.4, -0.2) is 89.6 Å². The minimum Gasteiger partial charge on any atom is -0.372 e. The van der Waals surface area contributed by atoms with E-state index < -0.39 is 6.04 Å². The zero-order valence-corrected chi connectivity index (χ0v) is 31.8. The Bertz CT molecular complexity index is 2270. The molecule has 56 heavy (non-hydrogen) atoms. The highest BCUT2D eigenvalue weighted by Gasteiger charge is 2.39. The van der Waals surface area contributed by atoms with Crippen molar-refractivity contribution in [1.29, 1.82) is 0 Å². The van der Waals surface area contributed by atoms with Crippen molar-refractivity contribution >= 4 is 40.0 Å². The Labute approximate surface area is 327 Å². The first-order valence-corrected chi connectivity index (χ1v) is 20.6. The number of amides is 3. The maximum atomic E-state index is 13.2. The van der Waals surface area contributed by atoms with Gasteiger partial charge < -0.3 is 14.7 Å². The van der Waals surface area contributed by atoms with Gasteiger partial charge in [-0.25, -0.2) is 0 Å². The van der Waals surface area contributed by atoms with E-state index in [-0.39, 0.29) is 24.1 Å². The molecule has 4 aliphatic heterocycles. The first-order chi connectivity index (χ1) is 27.5. The molecule has 3 atom stereocenters. The normalized spacial score (nSPS) is 23.4. The van der Waals surface area contributed by atoms with Gasteiger partial charge in [-0.3, -0.25) is 29.7 Å². The van der Waals surface area contributed by atoms with E-state index in [9.17, 15) is 14.4 Å². The number of hydrogen-bond acceptors (Lipinski definition) is 7. The summed E-state index contributed by atoms with van der Waals surface area (Å²) in [5.41, 5.74) is 10.9. The zero-order chi connectivity index (χ0) is 37.8. The molecule has 5 heterocycles. The predicted octanol–water partition coefficient (Wildman–Crippen LogP) is 6.22. The maximum Gasteiger partial charge on any atom is 0.255 e. The second kappa shape index (κ2) is 14.5. The average Bonchev–Trinajstić information content (AvgIpc) is 3.86. The molecule has 286 valence electrons. The summed E-state index contributed by atoms with van der Waals surface area (Å²) >= 11 is 0. The molecule has 1 aliphatic carbocycles. The second-order valence-electron chi connectivity index (χ2n) is 16.5. The molecule has 10 heteroatoms. The van der Waals surface area contributed by atoms with Crippen molar-refractivity contribution in [3.8, 4) is 0 Å². The molecule has 0 saturated carbocycles. The van der Waals surface area contributed by atoms with E-state index in [1.807, 2.05) is 12.3 Å². The molecule has 2 N–H and O–H groups in total. The van der Waals surface area contributed by atoms with Crippen LogP contribution in [0.4, 0.5) is 11.4 Å². The van der Waals surface area contributed by atoms with E-state index in [1.165, 1.54) is 46.2 Å². The Hall–Kier alpha value is -5.48. The van der Waals surface area contributed by atoms with Crippen molar-refractivity contribution in [2.24, 2.45) is 5.92 Å². The van der Waals surface area contributed by atoms with Gasteiger partial charge in [0.05, 0.1) is 11.7 Å². The van der Waals surface area contributed by atoms with Crippen LogP contribution in [0.25, 0.3) is 10.9 Å². The van der Waals surface area contributed by atoms with Crippen molar-refractivity contribution < 1.29 is 14.4 Å². The van der Waals surface area contributed by atoms with Crippen LogP contribution in [0, 0.1) is 5.92 Å². The molecule has 3 saturated heterocycles. The lowest BCUT2D eigenvalue weighted by molar-refractivity contribution is -0.136. The standard InChI is InChI=1S/C46H49N7O3/c54-43-17-16-42(45(55)48-43)53-29-33-26-35(10-11-37(33)46(53)56)52-24-22-50(23-25-52)28-30-18-20-51(21-19-30)34-8-6-32(7-9-34)44-36(31-4-2-1-3-5-31)12-13-38-39(44)14-15-41-40(38)27-47-49-41/h1-11,14-15,26-27,30,36,42,44H,12-13,16-25,28-29H2,(H,47,49)(H,48,54,55)/t36-,42?,44+/m1/s1. The average molecular weight is 748 g/mol. The van der Waals surface area contributed by atoms with Crippen molar-refractivity contribution in [2.75, 3.05) is 55.6 Å². The molecule has 3 fully saturated rings. The van der Waals surface area contributed by atoms with E-state index in [0.29, 0.717) is 36.3 Å². The van der Waals surface area contributed by atoms with Crippen LogP contribution < -0.4 is 15.1 Å². The molecule has 4 aromatic carbocycles. The number of imide groups is 1. The fourth-order valence-corrected chi connectivity index (χ4v) is 10.4. The Balaban J connectivity index is 0.743. The summed E-state index contributed by atoms with van der Waals surface area (Å²) in [6.07, 6.45) is 7.25. The number of nitrogens with one attached hydrogen (secondary N) is 2. The number of benzene rings is 4. The quantitative estimate of drug-likeness (QED) is 0.191. The number of piperidine rings is 2. The van der Waals surface area contributed by atoms with E-state index in [4.69, 9.17) is 0 Å². The molecular formula is C46H49N7O3. The van der Waals surface area contributed by atoms with Gasteiger partial charge >= 0.3 is 0 Å². The van der Waals surface area contributed by atoms with Gasteiger partial charge in [-0.1, -0.05) is 48.5 Å². The third kappa shape index (κ3) is 6.43. The number of H-pyrrole nitrogens is 1. The Morgan fingerprint density at radius 1 is 0.714 bits per heavy atom. The molecule has 0 bridgehead atoms. The number of carbonyl (C=O) groups excluding carboxylic acids is 3. The maximum absolute atomic E-state index is 13.2. The molecule has 10 nitrogen and oxygen atoms in total. The fourth-order valence-electron chi connectivity index (χ4n) is 10.4. The summed E-state index contributed by atoms with van der Waals surface area (Å²) in [6, 6.07) is 30.7. The van der Waals surface area contributed by atoms with Crippen molar-refractivity contribution in [2.45, 2.75) is 62.9 Å². The van der Waals surface area contributed by atoms with Crippen LogP contribution in [0.3, 0.4) is 0 Å². The number of aromatic amines is 1. The molecule has 3 amide bonds. The molecular weight excluding hydrogens is 699 g/mol. The molecule has 5 aromatic rings. The summed E-state index contributed by atoms with van der Waals surface area (Å²) in [7, 11) is 0. The lowest BCUT2D eigenvalue weighted by atomic mass is 9.69. The van der Waals surface area contributed by atoms with E-state index in [1.54, 1.807) is 4.90 Å². The molecule has 0 radical (unpaired) electrons. The van der Waals surface area contributed by atoms with Gasteiger partial charge in [-0.2, -0.15) is 5.10 Å². The summed E-state index contributed by atoms with van der Waals surface area (Å²) in [5, 5.41) is 11.2. The van der Waals surface area contributed by atoms with Crippen molar-refractivity contribution in [3.05, 3.63) is 125 Å². The molecule has 1 unspecified atom stereocenters. The van der Waals surface area contributed by atoms with Gasteiger partial charge in [0.1, 0.15) is 6.04 Å². The Morgan fingerprint density at radius 3 is 2.27 bits per heavy atom. The first kappa shape index (κ1) is 35.0. The number of anilines is 2. The van der Waals surface area contributed by atoms with Crippen LogP contribution >= 0.6 is 0 Å². The number of aryl methyl sites for hydroxylation is 1. The minimum atomic E-state index is -0.583. The van der Waals surface area contributed by atoms with Gasteiger partial charge in [0.15, 0.2) is 0 Å². The van der Waals surface area contributed by atoms with Gasteiger partial charge in [0.25, 0.3) is 5.91 Å². The molecule has 5 aliphatic rings. The Morgan fingerprint density at radius 2 is 1.48 bits per heavy atom. The number of rotatable bonds is 7. The predicted molar refractivity (Wildman–Crippen MR) is 218 cm³/mol. The van der Waals surface area contributed by atoms with Gasteiger partial charge in [-0.15, -0.1) is 0 Å². The number of piperazine rings is 1. The summed E-state index contributed by atoms with van der Waals surface area (Å²) in [6.45, 7) is 7.70. The number of fused-ring (bicyclic) bond motifs is 4. The highest BCUT2D eigenvalue weighted by molar-refractivity contribution is 6.05. The van der Waals surface area contributed by atoms with Crippen LogP contribution in [0.1, 0.15) is 82.1 Å². The first-order valence-electron chi connectivity index (χ1n) is 20.6.